The Morgan fingerprint density at radius 2 is 1.90 bits per heavy atom. The van der Waals surface area contributed by atoms with Crippen LogP contribution < -0.4 is 5.32 Å². The Bertz CT molecular complexity index is 690. The van der Waals surface area contributed by atoms with Crippen molar-refractivity contribution in [3.05, 3.63) is 64.2 Å². The van der Waals surface area contributed by atoms with Crippen molar-refractivity contribution >= 4 is 17.3 Å². The van der Waals surface area contributed by atoms with Gasteiger partial charge in [-0.2, -0.15) is 18.4 Å². The lowest BCUT2D eigenvalue weighted by molar-refractivity contribution is -0.137. The van der Waals surface area contributed by atoms with Gasteiger partial charge in [-0.1, -0.05) is 23.7 Å². The predicted octanol–water partition coefficient (Wildman–Crippen LogP) is 4.84. The number of hydrogen-bond donors (Lipinski definition) is 1. The molecule has 0 radical (unpaired) electrons. The van der Waals surface area contributed by atoms with Crippen LogP contribution in [-0.4, -0.2) is 0 Å². The summed E-state index contributed by atoms with van der Waals surface area (Å²) in [5.41, 5.74) is 0.330. The molecule has 0 saturated heterocycles. The summed E-state index contributed by atoms with van der Waals surface area (Å²) in [6, 6.07) is 11.9. The van der Waals surface area contributed by atoms with Crippen molar-refractivity contribution in [2.24, 2.45) is 0 Å². The molecule has 2 rings (SSSR count). The zero-order chi connectivity index (χ0) is 15.5. The Kier molecular flexibility index (Phi) is 4.39. The lowest BCUT2D eigenvalue weighted by Crippen LogP contribution is -2.07. The second-order valence-corrected chi connectivity index (χ2v) is 4.79. The molecule has 0 fully saturated rings. The summed E-state index contributed by atoms with van der Waals surface area (Å²) in [6.45, 7) is 0.362. The summed E-state index contributed by atoms with van der Waals surface area (Å²) < 4.78 is 37.8. The molecule has 6 heteroatoms. The van der Waals surface area contributed by atoms with Gasteiger partial charge in [0.1, 0.15) is 6.07 Å². The van der Waals surface area contributed by atoms with Crippen LogP contribution in [0.1, 0.15) is 16.7 Å². The van der Waals surface area contributed by atoms with Gasteiger partial charge >= 0.3 is 6.18 Å². The number of alkyl halides is 3. The first kappa shape index (κ1) is 15.2. The fourth-order valence-electron chi connectivity index (χ4n) is 1.81. The number of anilines is 1. The summed E-state index contributed by atoms with van der Waals surface area (Å²) in [6.07, 6.45) is -4.46. The minimum Gasteiger partial charge on any atom is -0.380 e. The molecule has 0 atom stereocenters. The van der Waals surface area contributed by atoms with E-state index in [2.05, 4.69) is 5.32 Å². The predicted molar refractivity (Wildman–Crippen MR) is 74.9 cm³/mol. The zero-order valence-corrected chi connectivity index (χ0v) is 11.5. The minimum absolute atomic E-state index is 0.0492. The van der Waals surface area contributed by atoms with E-state index in [1.54, 1.807) is 24.3 Å². The van der Waals surface area contributed by atoms with E-state index in [-0.39, 0.29) is 5.56 Å². The van der Waals surface area contributed by atoms with E-state index in [0.717, 1.165) is 17.7 Å². The Labute approximate surface area is 124 Å². The molecule has 0 aromatic heterocycles. The molecular formula is C15H10ClF3N2. The second kappa shape index (κ2) is 6.06. The van der Waals surface area contributed by atoms with Crippen LogP contribution in [-0.2, 0) is 12.7 Å². The fourth-order valence-corrected chi connectivity index (χ4v) is 2.02. The maximum atomic E-state index is 12.6. The first-order valence-corrected chi connectivity index (χ1v) is 6.37. The number of nitriles is 1. The molecule has 1 N–H and O–H groups in total. The van der Waals surface area contributed by atoms with Crippen LogP contribution in [0, 0.1) is 11.3 Å². The number of hydrogen-bond acceptors (Lipinski definition) is 2. The van der Waals surface area contributed by atoms with Crippen molar-refractivity contribution in [1.82, 2.24) is 0 Å². The van der Waals surface area contributed by atoms with Crippen LogP contribution in [0.25, 0.3) is 0 Å². The molecule has 0 amide bonds. The molecule has 0 saturated carbocycles. The molecule has 0 unspecified atom stereocenters. The van der Waals surface area contributed by atoms with Crippen molar-refractivity contribution in [3.63, 3.8) is 0 Å². The van der Waals surface area contributed by atoms with E-state index >= 15 is 0 Å². The highest BCUT2D eigenvalue weighted by Gasteiger charge is 2.31. The first-order valence-electron chi connectivity index (χ1n) is 6.00. The van der Waals surface area contributed by atoms with E-state index in [4.69, 9.17) is 16.9 Å². The summed E-state index contributed by atoms with van der Waals surface area (Å²) >= 11 is 5.85. The van der Waals surface area contributed by atoms with E-state index in [9.17, 15) is 13.2 Å². The van der Waals surface area contributed by atoms with Crippen LogP contribution >= 0.6 is 11.6 Å². The SMILES string of the molecule is N#Cc1cc(C(F)(F)F)ccc1NCc1cccc(Cl)c1. The standard InChI is InChI=1S/C15H10ClF3N2/c16-13-3-1-2-10(6-13)9-21-14-5-4-12(15(17,18)19)7-11(14)8-20/h1-7,21H,9H2. The molecule has 0 heterocycles. The number of halogens is 4. The van der Waals surface area contributed by atoms with Crippen molar-refractivity contribution in [2.75, 3.05) is 5.32 Å². The largest absolute Gasteiger partial charge is 0.416 e. The monoisotopic (exact) mass is 310 g/mol. The lowest BCUT2D eigenvalue weighted by Gasteiger charge is -2.12. The van der Waals surface area contributed by atoms with Gasteiger partial charge in [0.15, 0.2) is 0 Å². The van der Waals surface area contributed by atoms with Gasteiger partial charge in [0.25, 0.3) is 0 Å². The normalized spacial score (nSPS) is 11.0. The van der Waals surface area contributed by atoms with Crippen LogP contribution in [0.4, 0.5) is 18.9 Å². The summed E-state index contributed by atoms with van der Waals surface area (Å²) in [5.74, 6) is 0. The molecule has 0 spiro atoms. The maximum Gasteiger partial charge on any atom is 0.416 e. The Morgan fingerprint density at radius 3 is 2.52 bits per heavy atom. The molecule has 0 bridgehead atoms. The van der Waals surface area contributed by atoms with Crippen LogP contribution in [0.2, 0.25) is 5.02 Å². The van der Waals surface area contributed by atoms with E-state index in [0.29, 0.717) is 17.3 Å². The third kappa shape index (κ3) is 3.89. The smallest absolute Gasteiger partial charge is 0.380 e. The number of nitrogens with zero attached hydrogens (tertiary/aromatic N) is 1. The molecular weight excluding hydrogens is 301 g/mol. The number of nitrogens with one attached hydrogen (secondary N) is 1. The molecule has 2 aromatic carbocycles. The van der Waals surface area contributed by atoms with Crippen molar-refractivity contribution in [2.45, 2.75) is 12.7 Å². The number of benzene rings is 2. The average molecular weight is 311 g/mol. The van der Waals surface area contributed by atoms with Gasteiger partial charge in [0.2, 0.25) is 0 Å². The molecule has 108 valence electrons. The quantitative estimate of drug-likeness (QED) is 0.880. The fraction of sp³-hybridized carbons (Fsp3) is 0.133. The van der Waals surface area contributed by atoms with Gasteiger partial charge in [-0.05, 0) is 35.9 Å². The highest BCUT2D eigenvalue weighted by molar-refractivity contribution is 6.30. The topological polar surface area (TPSA) is 35.8 Å². The summed E-state index contributed by atoms with van der Waals surface area (Å²) in [5, 5.41) is 12.5. The third-order valence-electron chi connectivity index (χ3n) is 2.84. The average Bonchev–Trinajstić information content (AvgIpc) is 2.44. The summed E-state index contributed by atoms with van der Waals surface area (Å²) in [7, 11) is 0. The van der Waals surface area contributed by atoms with Crippen LogP contribution in [0.5, 0.6) is 0 Å². The molecule has 0 aliphatic rings. The Morgan fingerprint density at radius 1 is 1.14 bits per heavy atom. The van der Waals surface area contributed by atoms with Crippen molar-refractivity contribution in [3.8, 4) is 6.07 Å². The summed E-state index contributed by atoms with van der Waals surface area (Å²) in [4.78, 5) is 0. The van der Waals surface area contributed by atoms with Crippen molar-refractivity contribution in [1.29, 1.82) is 5.26 Å². The number of rotatable bonds is 3. The highest BCUT2D eigenvalue weighted by Crippen LogP contribution is 2.31. The molecule has 2 nitrogen and oxygen atoms in total. The van der Waals surface area contributed by atoms with Crippen LogP contribution in [0.15, 0.2) is 42.5 Å². The Hall–Kier alpha value is -2.19. The third-order valence-corrected chi connectivity index (χ3v) is 3.07. The molecule has 0 aliphatic carbocycles. The molecule has 0 aliphatic heterocycles. The first-order chi connectivity index (χ1) is 9.90. The highest BCUT2D eigenvalue weighted by atomic mass is 35.5. The minimum atomic E-state index is -4.46. The lowest BCUT2D eigenvalue weighted by atomic mass is 10.1. The van der Waals surface area contributed by atoms with Gasteiger partial charge in [0, 0.05) is 11.6 Å². The van der Waals surface area contributed by atoms with Gasteiger partial charge < -0.3 is 5.32 Å². The van der Waals surface area contributed by atoms with Gasteiger partial charge in [-0.3, -0.25) is 0 Å². The molecule has 21 heavy (non-hydrogen) atoms. The second-order valence-electron chi connectivity index (χ2n) is 4.35. The van der Waals surface area contributed by atoms with Gasteiger partial charge in [-0.25, -0.2) is 0 Å². The van der Waals surface area contributed by atoms with E-state index in [1.165, 1.54) is 6.07 Å². The Balaban J connectivity index is 2.19. The van der Waals surface area contributed by atoms with Crippen LogP contribution in [0.3, 0.4) is 0 Å². The van der Waals surface area contributed by atoms with Gasteiger partial charge in [0.05, 0.1) is 16.8 Å². The van der Waals surface area contributed by atoms with Crippen molar-refractivity contribution < 1.29 is 13.2 Å². The van der Waals surface area contributed by atoms with Gasteiger partial charge in [-0.15, -0.1) is 0 Å². The van der Waals surface area contributed by atoms with E-state index < -0.39 is 11.7 Å². The van der Waals surface area contributed by atoms with E-state index in [1.807, 2.05) is 6.07 Å². The maximum absolute atomic E-state index is 12.6. The zero-order valence-electron chi connectivity index (χ0n) is 10.7. The molecule has 2 aromatic rings.